The third-order valence-electron chi connectivity index (χ3n) is 6.53. The molecule has 1 aliphatic rings. The van der Waals surface area contributed by atoms with Crippen LogP contribution in [0.25, 0.3) is 5.69 Å². The van der Waals surface area contributed by atoms with Gasteiger partial charge in [-0.15, -0.1) is 0 Å². The number of nitrogens with one attached hydrogen (secondary N) is 1. The van der Waals surface area contributed by atoms with Gasteiger partial charge in [0.05, 0.1) is 23.4 Å². The lowest BCUT2D eigenvalue weighted by Gasteiger charge is -2.35. The number of piperazine rings is 1. The van der Waals surface area contributed by atoms with Crippen LogP contribution in [0.1, 0.15) is 29.4 Å². The van der Waals surface area contributed by atoms with Crippen LogP contribution in [0.4, 0.5) is 24.5 Å². The van der Waals surface area contributed by atoms with Crippen molar-refractivity contribution in [1.82, 2.24) is 14.7 Å². The van der Waals surface area contributed by atoms with Gasteiger partial charge in [0, 0.05) is 48.8 Å². The third-order valence-corrected chi connectivity index (χ3v) is 6.53. The van der Waals surface area contributed by atoms with Crippen LogP contribution in [0, 0.1) is 13.8 Å². The molecule has 1 fully saturated rings. The highest BCUT2D eigenvalue weighted by atomic mass is 19.4. The molecule has 2 aromatic carbocycles. The van der Waals surface area contributed by atoms with Gasteiger partial charge in [0.25, 0.3) is 0 Å². The van der Waals surface area contributed by atoms with Gasteiger partial charge in [-0.05, 0) is 62.9 Å². The Kier molecular flexibility index (Phi) is 7.16. The van der Waals surface area contributed by atoms with E-state index in [-0.39, 0.29) is 12.3 Å². The fraction of sp³-hybridized carbons (Fsp3) is 0.385. The molecular weight excluding hydrogens is 455 g/mol. The van der Waals surface area contributed by atoms with Gasteiger partial charge in [0.1, 0.15) is 0 Å². The van der Waals surface area contributed by atoms with Crippen LogP contribution in [-0.2, 0) is 17.4 Å². The minimum Gasteiger partial charge on any atom is -0.369 e. The fourth-order valence-corrected chi connectivity index (χ4v) is 4.44. The summed E-state index contributed by atoms with van der Waals surface area (Å²) in [5, 5.41) is 7.32. The van der Waals surface area contributed by atoms with E-state index in [1.54, 1.807) is 19.9 Å². The van der Waals surface area contributed by atoms with E-state index >= 15 is 0 Å². The maximum absolute atomic E-state index is 13.1. The average molecular weight is 486 g/mol. The summed E-state index contributed by atoms with van der Waals surface area (Å²) in [6.07, 6.45) is -4.36. The summed E-state index contributed by atoms with van der Waals surface area (Å²) in [5.74, 6) is -0.205. The van der Waals surface area contributed by atoms with E-state index in [1.165, 1.54) is 10.7 Å². The van der Waals surface area contributed by atoms with Gasteiger partial charge in [-0.2, -0.15) is 18.3 Å². The minimum absolute atomic E-state index is 0.0807. The van der Waals surface area contributed by atoms with E-state index in [0.717, 1.165) is 50.5 Å². The minimum atomic E-state index is -4.44. The molecule has 1 N–H and O–H groups in total. The molecule has 0 unspecified atom stereocenters. The molecule has 0 radical (unpaired) electrons. The molecule has 4 rings (SSSR count). The van der Waals surface area contributed by atoms with Crippen LogP contribution >= 0.6 is 0 Å². The van der Waals surface area contributed by atoms with E-state index in [9.17, 15) is 18.0 Å². The van der Waals surface area contributed by atoms with Gasteiger partial charge in [0.15, 0.2) is 0 Å². The van der Waals surface area contributed by atoms with Gasteiger partial charge >= 0.3 is 6.18 Å². The number of halogens is 3. The fourth-order valence-electron chi connectivity index (χ4n) is 4.44. The van der Waals surface area contributed by atoms with E-state index in [0.29, 0.717) is 28.3 Å². The summed E-state index contributed by atoms with van der Waals surface area (Å²) < 4.78 is 40.8. The molecule has 2 heterocycles. The van der Waals surface area contributed by atoms with Gasteiger partial charge in [-0.1, -0.05) is 13.0 Å². The second-order valence-electron chi connectivity index (χ2n) is 8.80. The number of benzene rings is 2. The standard InChI is InChI=1S/C26H30F3N5O/c1-4-32-12-14-33(15-13-32)22-10-8-21(9-11-22)30-25(35)17-24-18(2)31-34(19(24)3)23-7-5-6-20(16-23)26(27,28)29/h5-11,16H,4,12-15,17H2,1-3H3,(H,30,35). The Morgan fingerprint density at radius 3 is 2.31 bits per heavy atom. The Labute approximate surface area is 203 Å². The van der Waals surface area contributed by atoms with Gasteiger partial charge in [0.2, 0.25) is 5.91 Å². The van der Waals surface area contributed by atoms with Crippen LogP contribution in [0.3, 0.4) is 0 Å². The molecule has 35 heavy (non-hydrogen) atoms. The Morgan fingerprint density at radius 1 is 1.00 bits per heavy atom. The van der Waals surface area contributed by atoms with Gasteiger partial charge in [-0.3, -0.25) is 4.79 Å². The molecule has 1 aliphatic heterocycles. The van der Waals surface area contributed by atoms with Crippen molar-refractivity contribution < 1.29 is 18.0 Å². The molecule has 186 valence electrons. The Balaban J connectivity index is 1.42. The number of aryl methyl sites for hydroxylation is 1. The van der Waals surface area contributed by atoms with E-state index in [2.05, 4.69) is 27.1 Å². The molecule has 6 nitrogen and oxygen atoms in total. The lowest BCUT2D eigenvalue weighted by atomic mass is 10.1. The number of hydrogen-bond donors (Lipinski definition) is 1. The van der Waals surface area contributed by atoms with E-state index < -0.39 is 11.7 Å². The molecule has 3 aromatic rings. The highest BCUT2D eigenvalue weighted by Gasteiger charge is 2.31. The molecule has 0 saturated carbocycles. The number of alkyl halides is 3. The first-order valence-electron chi connectivity index (χ1n) is 11.8. The van der Waals surface area contributed by atoms with Crippen molar-refractivity contribution in [2.45, 2.75) is 33.4 Å². The Hall–Kier alpha value is -3.33. The molecule has 1 amide bonds. The number of rotatable bonds is 6. The summed E-state index contributed by atoms with van der Waals surface area (Å²) in [5.41, 5.74) is 3.35. The second kappa shape index (κ2) is 10.1. The zero-order valence-corrected chi connectivity index (χ0v) is 20.2. The number of carbonyl (C=O) groups is 1. The van der Waals surface area contributed by atoms with Gasteiger partial charge < -0.3 is 15.1 Å². The second-order valence-corrected chi connectivity index (χ2v) is 8.80. The molecule has 9 heteroatoms. The zero-order valence-electron chi connectivity index (χ0n) is 20.2. The highest BCUT2D eigenvalue weighted by Crippen LogP contribution is 2.31. The first-order chi connectivity index (χ1) is 16.7. The average Bonchev–Trinajstić information content (AvgIpc) is 3.12. The largest absolute Gasteiger partial charge is 0.416 e. The van der Waals surface area contributed by atoms with Crippen LogP contribution < -0.4 is 10.2 Å². The Bertz CT molecular complexity index is 1180. The number of aromatic nitrogens is 2. The maximum Gasteiger partial charge on any atom is 0.416 e. The first-order valence-corrected chi connectivity index (χ1v) is 11.8. The lowest BCUT2D eigenvalue weighted by Crippen LogP contribution is -2.46. The summed E-state index contributed by atoms with van der Waals surface area (Å²) in [7, 11) is 0. The number of amides is 1. The number of carbonyl (C=O) groups excluding carboxylic acids is 1. The predicted octanol–water partition coefficient (Wildman–Crippen LogP) is 4.83. The van der Waals surface area contributed by atoms with E-state index in [4.69, 9.17) is 0 Å². The smallest absolute Gasteiger partial charge is 0.369 e. The number of anilines is 2. The predicted molar refractivity (Wildman–Crippen MR) is 131 cm³/mol. The monoisotopic (exact) mass is 485 g/mol. The lowest BCUT2D eigenvalue weighted by molar-refractivity contribution is -0.137. The number of likely N-dealkylation sites (N-methyl/N-ethyl adjacent to an activating group) is 1. The number of hydrogen-bond acceptors (Lipinski definition) is 4. The quantitative estimate of drug-likeness (QED) is 0.544. The SMILES string of the molecule is CCN1CCN(c2ccc(NC(=O)Cc3c(C)nn(-c4cccc(C(F)(F)F)c4)c3C)cc2)CC1. The summed E-state index contributed by atoms with van der Waals surface area (Å²) >= 11 is 0. The molecule has 0 atom stereocenters. The van der Waals surface area contributed by atoms with Crippen LogP contribution in [0.15, 0.2) is 48.5 Å². The molecule has 0 bridgehead atoms. The first kappa shape index (κ1) is 24.8. The highest BCUT2D eigenvalue weighted by molar-refractivity contribution is 5.92. The zero-order chi connectivity index (χ0) is 25.2. The van der Waals surface area contributed by atoms with Crippen LogP contribution in [0.2, 0.25) is 0 Å². The molecule has 1 aromatic heterocycles. The van der Waals surface area contributed by atoms with Crippen molar-refractivity contribution in [3.05, 3.63) is 71.0 Å². The molecule has 1 saturated heterocycles. The summed E-state index contributed by atoms with van der Waals surface area (Å²) in [4.78, 5) is 17.5. The number of nitrogens with zero attached hydrogens (tertiary/aromatic N) is 4. The maximum atomic E-state index is 13.1. The van der Waals surface area contributed by atoms with E-state index in [1.807, 2.05) is 24.3 Å². The summed E-state index contributed by atoms with van der Waals surface area (Å²) in [6.45, 7) is 10.8. The van der Waals surface area contributed by atoms with Crippen molar-refractivity contribution in [1.29, 1.82) is 0 Å². The Morgan fingerprint density at radius 2 is 1.69 bits per heavy atom. The van der Waals surface area contributed by atoms with Crippen LogP contribution in [0.5, 0.6) is 0 Å². The van der Waals surface area contributed by atoms with Crippen molar-refractivity contribution in [2.24, 2.45) is 0 Å². The van der Waals surface area contributed by atoms with Gasteiger partial charge in [-0.25, -0.2) is 4.68 Å². The van der Waals surface area contributed by atoms with Crippen molar-refractivity contribution in [3.63, 3.8) is 0 Å². The van der Waals surface area contributed by atoms with Crippen LogP contribution in [-0.4, -0.2) is 53.3 Å². The summed E-state index contributed by atoms with van der Waals surface area (Å²) in [6, 6.07) is 12.8. The van der Waals surface area contributed by atoms with Crippen molar-refractivity contribution >= 4 is 17.3 Å². The van der Waals surface area contributed by atoms with Crippen molar-refractivity contribution in [3.8, 4) is 5.69 Å². The molecular formula is C26H30F3N5O. The topological polar surface area (TPSA) is 53.4 Å². The molecule has 0 spiro atoms. The van der Waals surface area contributed by atoms with Crippen molar-refractivity contribution in [2.75, 3.05) is 42.9 Å². The third kappa shape index (κ3) is 5.67. The molecule has 0 aliphatic carbocycles. The normalized spacial score (nSPS) is 14.9.